The normalized spacial score (nSPS) is 13.0. The van der Waals surface area contributed by atoms with Gasteiger partial charge in [-0.05, 0) is 109 Å². The van der Waals surface area contributed by atoms with E-state index in [-0.39, 0.29) is 44.0 Å². The summed E-state index contributed by atoms with van der Waals surface area (Å²) in [7, 11) is 0. The molecule has 0 bridgehead atoms. The molecule has 1 unspecified atom stereocenters. The van der Waals surface area contributed by atoms with Crippen molar-refractivity contribution in [3.05, 3.63) is 109 Å². The lowest BCUT2D eigenvalue weighted by atomic mass is 10.1. The summed E-state index contributed by atoms with van der Waals surface area (Å²) in [5, 5.41) is 0. The molecule has 1 atom stereocenters. The number of carbonyl (C=O) groups excluding carboxylic acids is 3. The second-order valence-electron chi connectivity index (χ2n) is 15.9. The van der Waals surface area contributed by atoms with Gasteiger partial charge in [-0.15, -0.1) is 0 Å². The first-order valence-electron chi connectivity index (χ1n) is 24.9. The lowest BCUT2D eigenvalue weighted by Gasteiger charge is -2.18. The Hall–Kier alpha value is -3.93. The molecule has 0 rings (SSSR count). The maximum absolute atomic E-state index is 12.8. The number of hydrogen-bond acceptors (Lipinski definition) is 6. The molecule has 0 aromatic rings. The molecule has 0 radical (unpaired) electrons. The van der Waals surface area contributed by atoms with E-state index in [4.69, 9.17) is 14.2 Å². The molecule has 0 aliphatic rings. The van der Waals surface area contributed by atoms with Gasteiger partial charge in [-0.2, -0.15) is 0 Å². The SMILES string of the molecule is CC/C=C\C/C=C\C/C=C\CCCCCCCCCCCC(=O)OCC(COC(=O)CCC/C=C\C/C=C\C/C=C\CC)OC(=O)CCCCCC/C=C\C/C=C\C/C=C\CC. The monoisotopic (exact) mass is 859 g/mol. The molecule has 0 fully saturated rings. The Morgan fingerprint density at radius 1 is 0.323 bits per heavy atom. The van der Waals surface area contributed by atoms with Gasteiger partial charge in [0.05, 0.1) is 0 Å². The molecule has 0 amide bonds. The third kappa shape index (κ3) is 47.1. The molecule has 62 heavy (non-hydrogen) atoms. The van der Waals surface area contributed by atoms with E-state index in [1.807, 2.05) is 0 Å². The maximum Gasteiger partial charge on any atom is 0.306 e. The van der Waals surface area contributed by atoms with Gasteiger partial charge < -0.3 is 14.2 Å². The Kier molecular flexibility index (Phi) is 46.6. The number of esters is 3. The molecule has 0 saturated carbocycles. The number of ether oxygens (including phenoxy) is 3. The molecule has 0 aromatic carbocycles. The molecule has 350 valence electrons. The van der Waals surface area contributed by atoms with Crippen LogP contribution in [0.25, 0.3) is 0 Å². The Labute approximate surface area is 380 Å². The fraction of sp³-hybridized carbons (Fsp3) is 0.625. The van der Waals surface area contributed by atoms with Crippen molar-refractivity contribution < 1.29 is 28.6 Å². The average Bonchev–Trinajstić information content (AvgIpc) is 3.27. The third-order valence-corrected chi connectivity index (χ3v) is 10.0. The Balaban J connectivity index is 4.44. The van der Waals surface area contributed by atoms with Crippen LogP contribution < -0.4 is 0 Å². The molecular formula is C56H90O6. The zero-order valence-corrected chi connectivity index (χ0v) is 39.8. The van der Waals surface area contributed by atoms with Crippen LogP contribution >= 0.6 is 0 Å². The predicted octanol–water partition coefficient (Wildman–Crippen LogP) is 16.4. The first kappa shape index (κ1) is 58.1. The van der Waals surface area contributed by atoms with Gasteiger partial charge in [0.15, 0.2) is 6.10 Å². The van der Waals surface area contributed by atoms with E-state index < -0.39 is 6.10 Å². The standard InChI is InChI=1S/C56H90O6/c1-4-7-10-13-16-19-22-24-26-27-28-29-30-32-34-37-40-43-46-49-55(58)61-52-53(51-60-54(57)48-45-42-39-36-33-21-18-15-12-9-6-3)62-56(59)50-47-44-41-38-35-31-25-23-20-17-14-11-8-5-2/h7-12,16-21,24-26,31,36,39,53H,4-6,13-15,22-23,27-30,32-35,37-38,40-52H2,1-3H3/b10-7-,11-8-,12-9-,19-16-,20-17-,21-18-,26-24-,31-25-,39-36-. The average molecular weight is 859 g/mol. The maximum atomic E-state index is 12.8. The fourth-order valence-electron chi connectivity index (χ4n) is 6.38. The number of unbranched alkanes of at least 4 members (excludes halogenated alkanes) is 14. The number of hydrogen-bond donors (Lipinski definition) is 0. The Bertz CT molecular complexity index is 1310. The highest BCUT2D eigenvalue weighted by molar-refractivity contribution is 5.71. The molecule has 6 nitrogen and oxygen atoms in total. The predicted molar refractivity (Wildman–Crippen MR) is 265 cm³/mol. The quantitative estimate of drug-likeness (QED) is 0.0263. The van der Waals surface area contributed by atoms with Gasteiger partial charge in [-0.25, -0.2) is 0 Å². The van der Waals surface area contributed by atoms with Gasteiger partial charge in [-0.3, -0.25) is 14.4 Å². The van der Waals surface area contributed by atoms with E-state index in [0.29, 0.717) is 12.8 Å². The van der Waals surface area contributed by atoms with Crippen molar-refractivity contribution in [2.75, 3.05) is 13.2 Å². The summed E-state index contributed by atoms with van der Waals surface area (Å²) >= 11 is 0. The van der Waals surface area contributed by atoms with Crippen LogP contribution in [0.15, 0.2) is 109 Å². The minimum atomic E-state index is -0.813. The van der Waals surface area contributed by atoms with E-state index in [0.717, 1.165) is 122 Å². The highest BCUT2D eigenvalue weighted by atomic mass is 16.6. The van der Waals surface area contributed by atoms with Crippen LogP contribution in [-0.4, -0.2) is 37.2 Å². The van der Waals surface area contributed by atoms with E-state index in [2.05, 4.69) is 130 Å². The van der Waals surface area contributed by atoms with Crippen molar-refractivity contribution in [2.45, 2.75) is 213 Å². The first-order chi connectivity index (χ1) is 30.5. The molecule has 0 aliphatic heterocycles. The zero-order chi connectivity index (χ0) is 45.1. The minimum Gasteiger partial charge on any atom is -0.462 e. The van der Waals surface area contributed by atoms with Gasteiger partial charge in [0, 0.05) is 19.3 Å². The summed E-state index contributed by atoms with van der Waals surface area (Å²) in [6, 6.07) is 0. The van der Waals surface area contributed by atoms with Crippen LogP contribution in [0.2, 0.25) is 0 Å². The lowest BCUT2D eigenvalue weighted by Crippen LogP contribution is -2.30. The van der Waals surface area contributed by atoms with Gasteiger partial charge in [0.1, 0.15) is 13.2 Å². The lowest BCUT2D eigenvalue weighted by molar-refractivity contribution is -0.167. The van der Waals surface area contributed by atoms with Gasteiger partial charge in [0.2, 0.25) is 0 Å². The van der Waals surface area contributed by atoms with Crippen LogP contribution in [0.5, 0.6) is 0 Å². The highest BCUT2D eigenvalue weighted by Gasteiger charge is 2.19. The van der Waals surface area contributed by atoms with E-state index in [9.17, 15) is 14.4 Å². The van der Waals surface area contributed by atoms with Crippen molar-refractivity contribution in [3.8, 4) is 0 Å². The van der Waals surface area contributed by atoms with Crippen LogP contribution in [0.4, 0.5) is 0 Å². The largest absolute Gasteiger partial charge is 0.462 e. The van der Waals surface area contributed by atoms with Crippen LogP contribution in [0.3, 0.4) is 0 Å². The second kappa shape index (κ2) is 49.7. The second-order valence-corrected chi connectivity index (χ2v) is 15.9. The third-order valence-electron chi connectivity index (χ3n) is 10.0. The smallest absolute Gasteiger partial charge is 0.306 e. The van der Waals surface area contributed by atoms with Gasteiger partial charge >= 0.3 is 17.9 Å². The summed E-state index contributed by atoms with van der Waals surface area (Å²) in [4.78, 5) is 37.9. The summed E-state index contributed by atoms with van der Waals surface area (Å²) < 4.78 is 16.7. The zero-order valence-electron chi connectivity index (χ0n) is 39.8. The van der Waals surface area contributed by atoms with E-state index >= 15 is 0 Å². The van der Waals surface area contributed by atoms with Crippen molar-refractivity contribution >= 4 is 17.9 Å². The molecule has 0 spiro atoms. The molecule has 0 aliphatic carbocycles. The first-order valence-corrected chi connectivity index (χ1v) is 24.9. The molecular weight excluding hydrogens is 769 g/mol. The molecule has 0 saturated heterocycles. The Morgan fingerprint density at radius 3 is 0.968 bits per heavy atom. The number of allylic oxidation sites excluding steroid dienone is 18. The van der Waals surface area contributed by atoms with E-state index in [1.54, 1.807) is 0 Å². The minimum absolute atomic E-state index is 0.108. The summed E-state index contributed by atoms with van der Waals surface area (Å²) in [6.07, 6.45) is 66.6. The Morgan fingerprint density at radius 2 is 0.597 bits per heavy atom. The molecule has 6 heteroatoms. The number of rotatable bonds is 43. The molecule has 0 N–H and O–H groups in total. The topological polar surface area (TPSA) is 78.9 Å². The molecule has 0 heterocycles. The van der Waals surface area contributed by atoms with Crippen molar-refractivity contribution in [3.63, 3.8) is 0 Å². The van der Waals surface area contributed by atoms with E-state index in [1.165, 1.54) is 38.5 Å². The summed E-state index contributed by atoms with van der Waals surface area (Å²) in [5.41, 5.74) is 0. The van der Waals surface area contributed by atoms with Gasteiger partial charge in [-0.1, -0.05) is 188 Å². The highest BCUT2D eigenvalue weighted by Crippen LogP contribution is 2.13. The van der Waals surface area contributed by atoms with Crippen LogP contribution in [0, 0.1) is 0 Å². The van der Waals surface area contributed by atoms with Crippen molar-refractivity contribution in [2.24, 2.45) is 0 Å². The van der Waals surface area contributed by atoms with Crippen LogP contribution in [-0.2, 0) is 28.6 Å². The fourth-order valence-corrected chi connectivity index (χ4v) is 6.38. The van der Waals surface area contributed by atoms with Crippen LogP contribution in [0.1, 0.15) is 207 Å². The van der Waals surface area contributed by atoms with Crippen molar-refractivity contribution in [1.82, 2.24) is 0 Å². The van der Waals surface area contributed by atoms with Crippen molar-refractivity contribution in [1.29, 1.82) is 0 Å². The molecule has 0 aromatic heterocycles. The van der Waals surface area contributed by atoms with Gasteiger partial charge in [0.25, 0.3) is 0 Å². The summed E-state index contributed by atoms with van der Waals surface area (Å²) in [5.74, 6) is -1.00. The number of carbonyl (C=O) groups is 3. The summed E-state index contributed by atoms with van der Waals surface area (Å²) in [6.45, 7) is 6.21.